The van der Waals surface area contributed by atoms with Crippen molar-refractivity contribution in [3.05, 3.63) is 99.0 Å². The van der Waals surface area contributed by atoms with Crippen LogP contribution in [0.5, 0.6) is 5.75 Å². The van der Waals surface area contributed by atoms with Crippen LogP contribution in [-0.2, 0) is 6.54 Å². The number of halogens is 2. The van der Waals surface area contributed by atoms with E-state index < -0.39 is 6.10 Å². The minimum Gasteiger partial charge on any atom is -0.480 e. The zero-order valence-electron chi connectivity index (χ0n) is 20.2. The number of likely N-dealkylation sites (tertiary alicyclic amines) is 1. The quantitative estimate of drug-likeness (QED) is 0.286. The summed E-state index contributed by atoms with van der Waals surface area (Å²) in [5.41, 5.74) is 8.28. The van der Waals surface area contributed by atoms with Crippen LogP contribution in [0.3, 0.4) is 0 Å². The van der Waals surface area contributed by atoms with Gasteiger partial charge in [0.15, 0.2) is 6.10 Å². The molecule has 2 unspecified atom stereocenters. The van der Waals surface area contributed by atoms with Gasteiger partial charge in [-0.05, 0) is 59.8 Å². The maximum absolute atomic E-state index is 13.3. The number of nitrogens with two attached hydrogens (primary N) is 1. The van der Waals surface area contributed by atoms with Crippen LogP contribution in [0.1, 0.15) is 46.0 Å². The minimum absolute atomic E-state index is 0.0476. The average Bonchev–Trinajstić information content (AvgIpc) is 3.40. The van der Waals surface area contributed by atoms with Crippen LogP contribution in [0.25, 0.3) is 0 Å². The Morgan fingerprint density at radius 1 is 1.19 bits per heavy atom. The van der Waals surface area contributed by atoms with Crippen molar-refractivity contribution in [2.24, 2.45) is 10.7 Å². The van der Waals surface area contributed by atoms with E-state index >= 15 is 0 Å². The van der Waals surface area contributed by atoms with Crippen molar-refractivity contribution < 1.29 is 19.6 Å². The second-order valence-corrected chi connectivity index (χ2v) is 9.52. The Morgan fingerprint density at radius 3 is 2.70 bits per heavy atom. The largest absolute Gasteiger partial charge is 0.480 e. The summed E-state index contributed by atoms with van der Waals surface area (Å²) in [7, 11) is 0. The molecule has 0 aromatic heterocycles. The number of aliphatic imine (C=N–C) groups is 1. The number of hydrogen-bond acceptors (Lipinski definition) is 3. The second-order valence-electron chi connectivity index (χ2n) is 8.68. The number of hydrogen-bond donors (Lipinski definition) is 3. The van der Waals surface area contributed by atoms with Crippen molar-refractivity contribution in [2.45, 2.75) is 31.5 Å². The monoisotopic (exact) mass is 539 g/mol. The Hall–Kier alpha value is -3.39. The fourth-order valence-electron chi connectivity index (χ4n) is 4.44. The molecule has 3 aromatic carbocycles. The molecule has 4 N–H and O–H groups in total. The zero-order chi connectivity index (χ0) is 26.2. The lowest BCUT2D eigenvalue weighted by Crippen LogP contribution is -2.66. The lowest BCUT2D eigenvalue weighted by molar-refractivity contribution is -0.470. The molecule has 37 heavy (non-hydrogen) atoms. The van der Waals surface area contributed by atoms with E-state index in [1.54, 1.807) is 17.0 Å². The summed E-state index contributed by atoms with van der Waals surface area (Å²) in [6.45, 7) is 0.918. The number of nitrogens with one attached hydrogen (secondary N) is 1. The summed E-state index contributed by atoms with van der Waals surface area (Å²) in [6.07, 6.45) is 3.81. The Bertz CT molecular complexity index is 1280. The molecular formula is C28H29Cl2N4O3+. The predicted octanol–water partition coefficient (Wildman–Crippen LogP) is 3.35. The summed E-state index contributed by atoms with van der Waals surface area (Å²) >= 11 is 12.7. The van der Waals surface area contributed by atoms with Crippen LogP contribution in [0.15, 0.2) is 71.7 Å². The first kappa shape index (κ1) is 26.7. The minimum atomic E-state index is -0.519. The number of benzene rings is 3. The molecule has 1 aliphatic rings. The van der Waals surface area contributed by atoms with Gasteiger partial charge in [0.25, 0.3) is 12.2 Å². The van der Waals surface area contributed by atoms with E-state index in [1.807, 2.05) is 54.6 Å². The highest BCUT2D eigenvalue weighted by molar-refractivity contribution is 6.31. The first-order chi connectivity index (χ1) is 18.0. The number of aliphatic hydroxyl groups is 1. The molecule has 3 aromatic rings. The molecule has 1 aliphatic heterocycles. The molecule has 0 aliphatic carbocycles. The number of amides is 1. The van der Waals surface area contributed by atoms with E-state index in [9.17, 15) is 9.90 Å². The van der Waals surface area contributed by atoms with Gasteiger partial charge in [-0.25, -0.2) is 0 Å². The van der Waals surface area contributed by atoms with Gasteiger partial charge in [0.05, 0.1) is 12.6 Å². The van der Waals surface area contributed by atoms with E-state index in [-0.39, 0.29) is 18.6 Å². The molecule has 0 radical (unpaired) electrons. The molecule has 0 bridgehead atoms. The van der Waals surface area contributed by atoms with E-state index in [0.29, 0.717) is 34.4 Å². The first-order valence-electron chi connectivity index (χ1n) is 12.0. The molecule has 1 saturated heterocycles. The molecule has 9 heteroatoms. The molecule has 192 valence electrons. The van der Waals surface area contributed by atoms with Crippen molar-refractivity contribution in [1.29, 1.82) is 0 Å². The maximum atomic E-state index is 13.3. The normalized spacial score (nSPS) is 16.5. The summed E-state index contributed by atoms with van der Waals surface area (Å²) in [5.74, 6) is 0.461. The summed E-state index contributed by atoms with van der Waals surface area (Å²) in [6, 6.07) is 20.1. The molecule has 4 rings (SSSR count). The van der Waals surface area contributed by atoms with Gasteiger partial charge in [0.1, 0.15) is 12.3 Å². The summed E-state index contributed by atoms with van der Waals surface area (Å²) in [5, 5.41) is 10.9. The van der Waals surface area contributed by atoms with Crippen LogP contribution in [-0.4, -0.2) is 47.8 Å². The number of nitrogens with zero attached hydrogens (tertiary/aromatic N) is 2. The molecular weight excluding hydrogens is 511 g/mol. The van der Waals surface area contributed by atoms with E-state index in [1.165, 1.54) is 12.7 Å². The topological polar surface area (TPSA) is 102 Å². The van der Waals surface area contributed by atoms with Gasteiger partial charge in [-0.2, -0.15) is 0 Å². The van der Waals surface area contributed by atoms with Gasteiger partial charge < -0.3 is 20.5 Å². The number of ether oxygens (including phenoxy) is 1. The van der Waals surface area contributed by atoms with E-state index in [2.05, 4.69) is 9.98 Å². The van der Waals surface area contributed by atoms with Gasteiger partial charge in [0.2, 0.25) is 6.34 Å². The SMILES string of the molecule is NC=NC=[NH+]Cc1cc(C(=O)N2CCCC2CO)ccc1OC(c1ccc(Cl)cc1)c1ccccc1Cl. The smallest absolute Gasteiger partial charge is 0.281 e. The molecule has 1 fully saturated rings. The Labute approximate surface area is 226 Å². The highest BCUT2D eigenvalue weighted by Crippen LogP contribution is 2.35. The molecule has 2 atom stereocenters. The van der Waals surface area contributed by atoms with Gasteiger partial charge >= 0.3 is 0 Å². The van der Waals surface area contributed by atoms with Crippen LogP contribution in [0.2, 0.25) is 10.0 Å². The van der Waals surface area contributed by atoms with Crippen LogP contribution in [0.4, 0.5) is 0 Å². The fraction of sp³-hybridized carbons (Fsp3) is 0.250. The summed E-state index contributed by atoms with van der Waals surface area (Å²) < 4.78 is 6.59. The standard InChI is InChI=1S/C28H28Cl2N4O3/c29-22-10-7-19(8-11-22)27(24-5-1-2-6-25(24)30)37-26-12-9-20(14-21(26)15-32-18-33-17-31)28(36)34-13-3-4-23(34)16-35/h1-2,5-12,14,17-18,23,27,35H,3-4,13,15-16H2,(H2,31,32,33)/p+1. The molecule has 1 heterocycles. The van der Waals surface area contributed by atoms with Crippen molar-refractivity contribution in [3.8, 4) is 5.75 Å². The van der Waals surface area contributed by atoms with Crippen molar-refractivity contribution in [1.82, 2.24) is 4.90 Å². The zero-order valence-corrected chi connectivity index (χ0v) is 21.7. The number of rotatable bonds is 9. The first-order valence-corrected chi connectivity index (χ1v) is 12.8. The van der Waals surface area contributed by atoms with E-state index in [0.717, 1.165) is 29.5 Å². The van der Waals surface area contributed by atoms with Crippen LogP contribution in [0, 0.1) is 0 Å². The highest BCUT2D eigenvalue weighted by Gasteiger charge is 2.29. The lowest BCUT2D eigenvalue weighted by atomic mass is 10.0. The number of carbonyl (C=O) groups excluding carboxylic acids is 1. The van der Waals surface area contributed by atoms with Crippen molar-refractivity contribution in [3.63, 3.8) is 0 Å². The molecule has 1 amide bonds. The van der Waals surface area contributed by atoms with Gasteiger partial charge in [-0.1, -0.05) is 53.5 Å². The molecule has 0 spiro atoms. The maximum Gasteiger partial charge on any atom is 0.281 e. The van der Waals surface area contributed by atoms with Gasteiger partial charge in [-0.15, -0.1) is 0 Å². The summed E-state index contributed by atoms with van der Waals surface area (Å²) in [4.78, 5) is 22.0. The predicted molar refractivity (Wildman–Crippen MR) is 146 cm³/mol. The third-order valence-electron chi connectivity index (χ3n) is 6.31. The van der Waals surface area contributed by atoms with Crippen LogP contribution >= 0.6 is 23.2 Å². The third kappa shape index (κ3) is 6.49. The lowest BCUT2D eigenvalue weighted by Gasteiger charge is -2.25. The van der Waals surface area contributed by atoms with Crippen LogP contribution < -0.4 is 15.5 Å². The highest BCUT2D eigenvalue weighted by atomic mass is 35.5. The van der Waals surface area contributed by atoms with Gasteiger partial charge in [0, 0.05) is 33.3 Å². The Balaban J connectivity index is 1.72. The number of aliphatic hydroxyl groups excluding tert-OH is 1. The molecule has 7 nitrogen and oxygen atoms in total. The average molecular weight is 540 g/mol. The van der Waals surface area contributed by atoms with Crippen molar-refractivity contribution in [2.75, 3.05) is 13.2 Å². The number of carbonyl (C=O) groups is 1. The molecule has 0 saturated carbocycles. The van der Waals surface area contributed by atoms with Gasteiger partial charge in [-0.3, -0.25) is 9.79 Å². The Morgan fingerprint density at radius 2 is 1.97 bits per heavy atom. The Kier molecular flexibility index (Phi) is 9.17. The van der Waals surface area contributed by atoms with E-state index in [4.69, 9.17) is 33.7 Å². The fourth-order valence-corrected chi connectivity index (χ4v) is 4.80. The third-order valence-corrected chi connectivity index (χ3v) is 6.90. The second kappa shape index (κ2) is 12.7. The van der Waals surface area contributed by atoms with Crippen molar-refractivity contribution >= 4 is 41.8 Å².